The molecule has 0 unspecified atom stereocenters. The molecule has 4 aromatic rings. The molecule has 1 aliphatic rings. The molecule has 8 heteroatoms. The summed E-state index contributed by atoms with van der Waals surface area (Å²) in [7, 11) is 0. The van der Waals surface area contributed by atoms with Crippen LogP contribution in [-0.2, 0) is 15.1 Å². The summed E-state index contributed by atoms with van der Waals surface area (Å²) < 4.78 is 12.6. The third-order valence-corrected chi connectivity index (χ3v) is 6.52. The van der Waals surface area contributed by atoms with Gasteiger partial charge in [-0.25, -0.2) is 4.79 Å². The van der Waals surface area contributed by atoms with Gasteiger partial charge in [0.2, 0.25) is 0 Å². The van der Waals surface area contributed by atoms with Crippen molar-refractivity contribution in [1.82, 2.24) is 9.97 Å². The van der Waals surface area contributed by atoms with E-state index >= 15 is 0 Å². The molecular weight excluding hydrogens is 460 g/mol. The molecule has 3 aromatic carbocycles. The van der Waals surface area contributed by atoms with E-state index < -0.39 is 41.3 Å². The van der Waals surface area contributed by atoms with Crippen molar-refractivity contribution in [2.45, 2.75) is 30.0 Å². The molecule has 0 spiro atoms. The normalized spacial score (nSPS) is 21.9. The van der Waals surface area contributed by atoms with Gasteiger partial charge in [0.1, 0.15) is 30.0 Å². The number of aliphatic hydroxyl groups is 2. The van der Waals surface area contributed by atoms with Gasteiger partial charge in [-0.15, -0.1) is 0 Å². The predicted molar refractivity (Wildman–Crippen MR) is 132 cm³/mol. The number of H-pyrrole nitrogens is 2. The number of ether oxygens (including phenoxy) is 2. The molecule has 1 fully saturated rings. The zero-order valence-electron chi connectivity index (χ0n) is 19.3. The first-order valence-electron chi connectivity index (χ1n) is 11.6. The van der Waals surface area contributed by atoms with Crippen molar-refractivity contribution in [2.75, 3.05) is 6.61 Å². The highest BCUT2D eigenvalue weighted by Crippen LogP contribution is 2.41. The molecule has 0 bridgehead atoms. The van der Waals surface area contributed by atoms with E-state index in [-0.39, 0.29) is 12.2 Å². The van der Waals surface area contributed by atoms with Gasteiger partial charge in [-0.3, -0.25) is 9.78 Å². The van der Waals surface area contributed by atoms with Crippen molar-refractivity contribution in [2.24, 2.45) is 0 Å². The lowest BCUT2D eigenvalue weighted by molar-refractivity contribution is -0.0830. The standard InChI is InChI=1S/C28H26N2O6/c31-23-22(36-25(24(23)32)21-16-29-27(34)30-26(21)33)17-35-28(18-10-4-1-5-11-18,19-12-6-2-7-13-19)20-14-8-3-9-15-20/h1-16,22-25,31-32H,17H2,(H2,29,30,33,34)/t22-,23-,24-,25+/m1/s1. The SMILES string of the molecule is O=c1[nH]cc([C@@H]2O[C@H](COC(c3ccccc3)(c3ccccc3)c3ccccc3)[C@@H](O)[C@H]2O)c(=O)[nH]1. The second kappa shape index (κ2) is 10.0. The predicted octanol–water partition coefficient (Wildman–Crippen LogP) is 2.23. The molecule has 1 aliphatic heterocycles. The molecule has 0 radical (unpaired) electrons. The minimum atomic E-state index is -1.38. The second-order valence-corrected chi connectivity index (χ2v) is 8.69. The zero-order chi connectivity index (χ0) is 25.1. The average Bonchev–Trinajstić information content (AvgIpc) is 3.19. The lowest BCUT2D eigenvalue weighted by Gasteiger charge is -2.37. The summed E-state index contributed by atoms with van der Waals surface area (Å²) in [6.45, 7) is -0.0886. The van der Waals surface area contributed by atoms with Gasteiger partial charge in [-0.2, -0.15) is 0 Å². The molecule has 4 atom stereocenters. The molecule has 5 rings (SSSR count). The van der Waals surface area contributed by atoms with Gasteiger partial charge in [0.05, 0.1) is 12.2 Å². The van der Waals surface area contributed by atoms with E-state index in [0.29, 0.717) is 0 Å². The lowest BCUT2D eigenvalue weighted by atomic mass is 9.80. The molecule has 2 heterocycles. The average molecular weight is 487 g/mol. The molecule has 184 valence electrons. The minimum Gasteiger partial charge on any atom is -0.387 e. The van der Waals surface area contributed by atoms with E-state index in [1.165, 1.54) is 6.20 Å². The third kappa shape index (κ3) is 4.31. The van der Waals surface area contributed by atoms with Crippen molar-refractivity contribution >= 4 is 0 Å². The Hall–Kier alpha value is -3.82. The summed E-state index contributed by atoms with van der Waals surface area (Å²) >= 11 is 0. The summed E-state index contributed by atoms with van der Waals surface area (Å²) in [4.78, 5) is 28.2. The molecule has 1 aromatic heterocycles. The van der Waals surface area contributed by atoms with Gasteiger partial charge in [-0.05, 0) is 16.7 Å². The number of nitrogens with one attached hydrogen (secondary N) is 2. The largest absolute Gasteiger partial charge is 0.387 e. The Bertz CT molecular complexity index is 1310. The minimum absolute atomic E-state index is 0.0177. The number of aromatic nitrogens is 2. The summed E-state index contributed by atoms with van der Waals surface area (Å²) in [5, 5.41) is 21.5. The quantitative estimate of drug-likeness (QED) is 0.297. The van der Waals surface area contributed by atoms with Gasteiger partial charge < -0.3 is 24.7 Å². The van der Waals surface area contributed by atoms with Crippen LogP contribution in [0.15, 0.2) is 107 Å². The first-order valence-corrected chi connectivity index (χ1v) is 11.6. The Labute approximate surface area is 206 Å². The number of aliphatic hydroxyl groups excluding tert-OH is 2. The highest BCUT2D eigenvalue weighted by Gasteiger charge is 2.46. The topological polar surface area (TPSA) is 125 Å². The molecule has 4 N–H and O–H groups in total. The smallest absolute Gasteiger partial charge is 0.325 e. The summed E-state index contributed by atoms with van der Waals surface area (Å²) in [5.74, 6) is 0. The number of benzene rings is 3. The highest BCUT2D eigenvalue weighted by molar-refractivity contribution is 5.47. The van der Waals surface area contributed by atoms with Crippen molar-refractivity contribution in [3.05, 3.63) is 140 Å². The van der Waals surface area contributed by atoms with Crippen LogP contribution < -0.4 is 11.2 Å². The van der Waals surface area contributed by atoms with Crippen LogP contribution in [0.4, 0.5) is 0 Å². The van der Waals surface area contributed by atoms with Crippen LogP contribution in [0.5, 0.6) is 0 Å². The summed E-state index contributed by atoms with van der Waals surface area (Å²) in [5.41, 5.74) is 0.255. The summed E-state index contributed by atoms with van der Waals surface area (Å²) in [6, 6.07) is 29.2. The first-order chi connectivity index (χ1) is 17.5. The summed E-state index contributed by atoms with van der Waals surface area (Å²) in [6.07, 6.45) is -3.58. The Morgan fingerprint density at radius 3 is 1.75 bits per heavy atom. The molecule has 0 amide bonds. The molecule has 0 aliphatic carbocycles. The fourth-order valence-corrected chi connectivity index (χ4v) is 4.75. The van der Waals surface area contributed by atoms with Crippen LogP contribution in [0, 0.1) is 0 Å². The monoisotopic (exact) mass is 486 g/mol. The van der Waals surface area contributed by atoms with Crippen molar-refractivity contribution in [1.29, 1.82) is 0 Å². The Morgan fingerprint density at radius 1 is 0.778 bits per heavy atom. The number of hydrogen-bond donors (Lipinski definition) is 4. The van der Waals surface area contributed by atoms with Gasteiger partial charge in [-0.1, -0.05) is 91.0 Å². The van der Waals surface area contributed by atoms with Crippen LogP contribution in [0.3, 0.4) is 0 Å². The van der Waals surface area contributed by atoms with Gasteiger partial charge in [0.25, 0.3) is 5.56 Å². The number of hydrogen-bond acceptors (Lipinski definition) is 6. The van der Waals surface area contributed by atoms with Crippen LogP contribution in [-0.4, -0.2) is 45.1 Å². The molecule has 36 heavy (non-hydrogen) atoms. The van der Waals surface area contributed by atoms with Crippen molar-refractivity contribution < 1.29 is 19.7 Å². The lowest BCUT2D eigenvalue weighted by Crippen LogP contribution is -2.39. The maximum Gasteiger partial charge on any atom is 0.325 e. The third-order valence-electron chi connectivity index (χ3n) is 6.52. The first kappa shape index (κ1) is 23.9. The van der Waals surface area contributed by atoms with Crippen LogP contribution in [0.25, 0.3) is 0 Å². The Morgan fingerprint density at radius 2 is 1.28 bits per heavy atom. The van der Waals surface area contributed by atoms with E-state index in [4.69, 9.17) is 9.47 Å². The molecular formula is C28H26N2O6. The Kier molecular flexibility index (Phi) is 6.67. The van der Waals surface area contributed by atoms with Crippen molar-refractivity contribution in [3.8, 4) is 0 Å². The van der Waals surface area contributed by atoms with Crippen LogP contribution in [0.1, 0.15) is 28.4 Å². The van der Waals surface area contributed by atoms with Gasteiger partial charge in [0, 0.05) is 6.20 Å². The maximum atomic E-state index is 12.3. The van der Waals surface area contributed by atoms with Gasteiger partial charge >= 0.3 is 5.69 Å². The van der Waals surface area contributed by atoms with E-state index in [1.54, 1.807) is 0 Å². The fourth-order valence-electron chi connectivity index (χ4n) is 4.75. The van der Waals surface area contributed by atoms with Crippen LogP contribution in [0.2, 0.25) is 0 Å². The maximum absolute atomic E-state index is 12.3. The number of rotatable bonds is 7. The van der Waals surface area contributed by atoms with Crippen LogP contribution >= 0.6 is 0 Å². The second-order valence-electron chi connectivity index (χ2n) is 8.69. The zero-order valence-corrected chi connectivity index (χ0v) is 19.3. The van der Waals surface area contributed by atoms with E-state index in [9.17, 15) is 19.8 Å². The fraction of sp³-hybridized carbons (Fsp3) is 0.214. The van der Waals surface area contributed by atoms with E-state index in [1.807, 2.05) is 91.0 Å². The molecule has 0 saturated carbocycles. The van der Waals surface area contributed by atoms with Crippen molar-refractivity contribution in [3.63, 3.8) is 0 Å². The van der Waals surface area contributed by atoms with E-state index in [0.717, 1.165) is 16.7 Å². The Balaban J connectivity index is 1.52. The number of aromatic amines is 2. The molecule has 8 nitrogen and oxygen atoms in total. The van der Waals surface area contributed by atoms with E-state index in [2.05, 4.69) is 9.97 Å². The molecule has 1 saturated heterocycles. The van der Waals surface area contributed by atoms with Gasteiger partial charge in [0.15, 0.2) is 0 Å². The highest BCUT2D eigenvalue weighted by atomic mass is 16.6.